The van der Waals surface area contributed by atoms with Gasteiger partial charge < -0.3 is 5.11 Å². The maximum atomic E-state index is 9.42. The molecule has 0 rings (SSSR count). The fourth-order valence-electron chi connectivity index (χ4n) is 1.23. The molecule has 0 heterocycles. The average Bonchev–Trinajstić information content (AvgIpc) is 2.05. The van der Waals surface area contributed by atoms with E-state index in [4.69, 9.17) is 5.53 Å². The van der Waals surface area contributed by atoms with Gasteiger partial charge in [0.15, 0.2) is 0 Å². The van der Waals surface area contributed by atoms with E-state index in [1.807, 2.05) is 6.92 Å². The number of rotatable bonds is 7. The number of azide groups is 1. The van der Waals surface area contributed by atoms with Crippen LogP contribution in [-0.4, -0.2) is 17.3 Å². The highest BCUT2D eigenvalue weighted by Gasteiger charge is 2.10. The van der Waals surface area contributed by atoms with Crippen LogP contribution in [0.25, 0.3) is 10.4 Å². The Morgan fingerprint density at radius 3 is 2.85 bits per heavy atom. The third-order valence-corrected chi connectivity index (χ3v) is 1.82. The second kappa shape index (κ2) is 7.65. The fourth-order valence-corrected chi connectivity index (χ4v) is 1.23. The lowest BCUT2D eigenvalue weighted by Crippen LogP contribution is -2.15. The number of aliphatic hydroxyl groups excluding tert-OH is 1. The van der Waals surface area contributed by atoms with Gasteiger partial charge in [-0.1, -0.05) is 24.5 Å². The van der Waals surface area contributed by atoms with Gasteiger partial charge in [-0.3, -0.25) is 0 Å². The molecular weight excluding hydrogens is 166 g/mol. The summed E-state index contributed by atoms with van der Waals surface area (Å²) in [6.07, 6.45) is 4.12. The predicted molar refractivity (Wildman–Crippen MR) is 53.3 cm³/mol. The van der Waals surface area contributed by atoms with Crippen LogP contribution in [-0.2, 0) is 0 Å². The molecule has 0 amide bonds. The zero-order valence-electron chi connectivity index (χ0n) is 8.06. The highest BCUT2D eigenvalue weighted by molar-refractivity contribution is 4.77. The van der Waals surface area contributed by atoms with Gasteiger partial charge in [0.05, 0.1) is 6.10 Å². The van der Waals surface area contributed by atoms with Gasteiger partial charge in [0, 0.05) is 11.0 Å². The molecule has 1 N–H and O–H groups in total. The van der Waals surface area contributed by atoms with Crippen LogP contribution in [0.3, 0.4) is 0 Å². The normalized spacial score (nSPS) is 14.3. The van der Waals surface area contributed by atoms with Gasteiger partial charge in [-0.2, -0.15) is 0 Å². The minimum atomic E-state index is -0.431. The third-order valence-electron chi connectivity index (χ3n) is 1.82. The standard InChI is InChI=1S/C9H17N3O/c1-3-5-8(11-12-10)7-9(13)6-4-2/h4,8-9,13H,2-3,5-7H2,1H3. The minimum Gasteiger partial charge on any atom is -0.393 e. The summed E-state index contributed by atoms with van der Waals surface area (Å²) in [5.74, 6) is 0. The molecule has 0 aliphatic carbocycles. The van der Waals surface area contributed by atoms with Crippen LogP contribution in [0.15, 0.2) is 17.8 Å². The molecule has 0 radical (unpaired) electrons. The zero-order chi connectivity index (χ0) is 10.1. The summed E-state index contributed by atoms with van der Waals surface area (Å²) in [5, 5.41) is 13.0. The van der Waals surface area contributed by atoms with Crippen LogP contribution < -0.4 is 0 Å². The Kier molecular flexibility index (Phi) is 7.07. The van der Waals surface area contributed by atoms with E-state index in [0.717, 1.165) is 12.8 Å². The topological polar surface area (TPSA) is 69.0 Å². The summed E-state index contributed by atoms with van der Waals surface area (Å²) in [4.78, 5) is 2.76. The second-order valence-corrected chi connectivity index (χ2v) is 3.06. The Balaban J connectivity index is 3.92. The van der Waals surface area contributed by atoms with E-state index in [0.29, 0.717) is 12.8 Å². The molecule has 0 aromatic carbocycles. The summed E-state index contributed by atoms with van der Waals surface area (Å²) >= 11 is 0. The van der Waals surface area contributed by atoms with Crippen LogP contribution in [0.5, 0.6) is 0 Å². The van der Waals surface area contributed by atoms with Crippen molar-refractivity contribution in [1.82, 2.24) is 0 Å². The number of nitrogens with zero attached hydrogens (tertiary/aromatic N) is 3. The van der Waals surface area contributed by atoms with Gasteiger partial charge in [-0.25, -0.2) is 0 Å². The van der Waals surface area contributed by atoms with Gasteiger partial charge in [-0.15, -0.1) is 6.58 Å². The summed E-state index contributed by atoms with van der Waals surface area (Å²) < 4.78 is 0. The molecule has 13 heavy (non-hydrogen) atoms. The summed E-state index contributed by atoms with van der Waals surface area (Å²) in [5.41, 5.74) is 8.26. The van der Waals surface area contributed by atoms with Crippen molar-refractivity contribution in [2.24, 2.45) is 5.11 Å². The summed E-state index contributed by atoms with van der Waals surface area (Å²) in [6, 6.07) is -0.0788. The largest absolute Gasteiger partial charge is 0.393 e. The Morgan fingerprint density at radius 1 is 1.69 bits per heavy atom. The van der Waals surface area contributed by atoms with Gasteiger partial charge in [-0.05, 0) is 24.8 Å². The first kappa shape index (κ1) is 12.0. The Labute approximate surface area is 78.9 Å². The lowest BCUT2D eigenvalue weighted by molar-refractivity contribution is 0.157. The average molecular weight is 183 g/mol. The molecule has 0 spiro atoms. The van der Waals surface area contributed by atoms with E-state index in [2.05, 4.69) is 16.6 Å². The van der Waals surface area contributed by atoms with Crippen molar-refractivity contribution in [3.05, 3.63) is 23.1 Å². The van der Waals surface area contributed by atoms with E-state index >= 15 is 0 Å². The monoisotopic (exact) mass is 183 g/mol. The van der Waals surface area contributed by atoms with Gasteiger partial charge >= 0.3 is 0 Å². The van der Waals surface area contributed by atoms with Crippen molar-refractivity contribution in [2.75, 3.05) is 0 Å². The van der Waals surface area contributed by atoms with Crippen molar-refractivity contribution in [1.29, 1.82) is 0 Å². The lowest BCUT2D eigenvalue weighted by Gasteiger charge is -2.13. The van der Waals surface area contributed by atoms with Crippen molar-refractivity contribution >= 4 is 0 Å². The van der Waals surface area contributed by atoms with Gasteiger partial charge in [0.25, 0.3) is 0 Å². The molecule has 0 aromatic rings. The lowest BCUT2D eigenvalue weighted by atomic mass is 10.0. The molecule has 4 nitrogen and oxygen atoms in total. The van der Waals surface area contributed by atoms with Crippen molar-refractivity contribution < 1.29 is 5.11 Å². The second-order valence-electron chi connectivity index (χ2n) is 3.06. The molecule has 2 unspecified atom stereocenters. The first-order valence-electron chi connectivity index (χ1n) is 4.57. The number of hydrogen-bond donors (Lipinski definition) is 1. The van der Waals surface area contributed by atoms with Crippen molar-refractivity contribution in [3.8, 4) is 0 Å². The van der Waals surface area contributed by atoms with Crippen LogP contribution in [0.1, 0.15) is 32.6 Å². The van der Waals surface area contributed by atoms with E-state index in [1.165, 1.54) is 0 Å². The van der Waals surface area contributed by atoms with Crippen LogP contribution >= 0.6 is 0 Å². The van der Waals surface area contributed by atoms with Gasteiger partial charge in [0.2, 0.25) is 0 Å². The van der Waals surface area contributed by atoms with Crippen LogP contribution in [0, 0.1) is 0 Å². The predicted octanol–water partition coefficient (Wildman–Crippen LogP) is 2.79. The van der Waals surface area contributed by atoms with Crippen LogP contribution in [0.2, 0.25) is 0 Å². The molecule has 0 bridgehead atoms. The minimum absolute atomic E-state index is 0.0788. The highest BCUT2D eigenvalue weighted by atomic mass is 16.3. The van der Waals surface area contributed by atoms with Crippen LogP contribution in [0.4, 0.5) is 0 Å². The fraction of sp³-hybridized carbons (Fsp3) is 0.778. The molecule has 0 aromatic heterocycles. The SMILES string of the molecule is C=CCC(O)CC(CCC)N=[N+]=[N-]. The number of hydrogen-bond acceptors (Lipinski definition) is 2. The van der Waals surface area contributed by atoms with E-state index in [-0.39, 0.29) is 6.04 Å². The van der Waals surface area contributed by atoms with E-state index in [9.17, 15) is 5.11 Å². The van der Waals surface area contributed by atoms with Crippen molar-refractivity contribution in [2.45, 2.75) is 44.8 Å². The molecule has 0 aliphatic rings. The Hall–Kier alpha value is -0.990. The molecule has 74 valence electrons. The maximum absolute atomic E-state index is 9.42. The highest BCUT2D eigenvalue weighted by Crippen LogP contribution is 2.11. The molecule has 0 saturated carbocycles. The Morgan fingerprint density at radius 2 is 2.38 bits per heavy atom. The molecule has 2 atom stereocenters. The first-order valence-corrected chi connectivity index (χ1v) is 4.57. The van der Waals surface area contributed by atoms with E-state index < -0.39 is 6.10 Å². The number of aliphatic hydroxyl groups is 1. The van der Waals surface area contributed by atoms with E-state index in [1.54, 1.807) is 6.08 Å². The van der Waals surface area contributed by atoms with Crippen molar-refractivity contribution in [3.63, 3.8) is 0 Å². The summed E-state index contributed by atoms with van der Waals surface area (Å²) in [7, 11) is 0. The maximum Gasteiger partial charge on any atom is 0.0578 e. The molecule has 0 saturated heterocycles. The quantitative estimate of drug-likeness (QED) is 0.280. The third kappa shape index (κ3) is 6.20. The molecular formula is C9H17N3O. The molecule has 0 fully saturated rings. The summed E-state index contributed by atoms with van der Waals surface area (Å²) in [6.45, 7) is 5.56. The first-order chi connectivity index (χ1) is 6.24. The molecule has 0 aliphatic heterocycles. The Bertz CT molecular complexity index is 187. The smallest absolute Gasteiger partial charge is 0.0578 e. The van der Waals surface area contributed by atoms with Gasteiger partial charge in [0.1, 0.15) is 0 Å². The molecule has 4 heteroatoms. The zero-order valence-corrected chi connectivity index (χ0v) is 8.06.